The van der Waals surface area contributed by atoms with Gasteiger partial charge in [-0.25, -0.2) is 13.4 Å². The lowest BCUT2D eigenvalue weighted by atomic mass is 10.2. The maximum atomic E-state index is 11.7. The van der Waals surface area contributed by atoms with Crippen molar-refractivity contribution >= 4 is 32.0 Å². The Hall–Kier alpha value is -1.48. The van der Waals surface area contributed by atoms with Gasteiger partial charge >= 0.3 is 0 Å². The first-order valence-corrected chi connectivity index (χ1v) is 11.7. The van der Waals surface area contributed by atoms with Gasteiger partial charge in [0.2, 0.25) is 0 Å². The van der Waals surface area contributed by atoms with Crippen LogP contribution in [0, 0.1) is 0 Å². The van der Waals surface area contributed by atoms with E-state index in [1.165, 1.54) is 0 Å². The zero-order chi connectivity index (χ0) is 18.0. The Morgan fingerprint density at radius 2 is 1.92 bits per heavy atom. The lowest BCUT2D eigenvalue weighted by molar-refractivity contribution is 0.0994. The number of sulfone groups is 1. The Labute approximate surface area is 158 Å². The van der Waals surface area contributed by atoms with Crippen LogP contribution in [0.4, 0.5) is 10.8 Å². The summed E-state index contributed by atoms with van der Waals surface area (Å²) in [6.07, 6.45) is 0.795. The Morgan fingerprint density at radius 1 is 1.15 bits per heavy atom. The summed E-state index contributed by atoms with van der Waals surface area (Å²) < 4.78 is 23.3. The smallest absolute Gasteiger partial charge is 0.187 e. The summed E-state index contributed by atoms with van der Waals surface area (Å²) in [4.78, 5) is 9.44. The van der Waals surface area contributed by atoms with Gasteiger partial charge in [0.1, 0.15) is 0 Å². The Balaban J connectivity index is 1.27. The van der Waals surface area contributed by atoms with E-state index in [0.29, 0.717) is 11.5 Å². The maximum Gasteiger partial charge on any atom is 0.187 e. The van der Waals surface area contributed by atoms with Crippen LogP contribution in [0.15, 0.2) is 35.7 Å². The molecule has 0 bridgehead atoms. The molecule has 1 unspecified atom stereocenters. The predicted octanol–water partition coefficient (Wildman–Crippen LogP) is 2.19. The van der Waals surface area contributed by atoms with Crippen molar-refractivity contribution in [1.29, 1.82) is 0 Å². The summed E-state index contributed by atoms with van der Waals surface area (Å²) in [6, 6.07) is 10.3. The third kappa shape index (κ3) is 4.43. The van der Waals surface area contributed by atoms with Crippen molar-refractivity contribution in [2.75, 3.05) is 43.0 Å². The van der Waals surface area contributed by atoms with Crippen LogP contribution in [0.3, 0.4) is 0 Å². The lowest BCUT2D eigenvalue weighted by Crippen LogP contribution is -2.50. The molecule has 1 N–H and O–H groups in total. The standard InChI is InChI=1S/C18H24N4O2S2/c23-26(24)11-6-17(14-26)22-9-7-21(8-10-22)12-16-13-25-18(20-16)19-15-4-2-1-3-5-15/h1-5,13,17H,6-12,14H2,(H,19,20). The van der Waals surface area contributed by atoms with Crippen molar-refractivity contribution in [3.8, 4) is 0 Å². The molecule has 3 heterocycles. The molecule has 140 valence electrons. The van der Waals surface area contributed by atoms with Gasteiger partial charge in [-0.3, -0.25) is 9.80 Å². The molecule has 6 nitrogen and oxygen atoms in total. The molecule has 0 spiro atoms. The number of hydrogen-bond donors (Lipinski definition) is 1. The zero-order valence-corrected chi connectivity index (χ0v) is 16.3. The van der Waals surface area contributed by atoms with E-state index in [-0.39, 0.29) is 6.04 Å². The molecule has 0 radical (unpaired) electrons. The number of hydrogen-bond acceptors (Lipinski definition) is 7. The Kier molecular flexibility index (Phi) is 5.26. The van der Waals surface area contributed by atoms with Gasteiger partial charge in [-0.2, -0.15) is 0 Å². The highest BCUT2D eigenvalue weighted by molar-refractivity contribution is 7.91. The molecule has 0 aliphatic carbocycles. The monoisotopic (exact) mass is 392 g/mol. The van der Waals surface area contributed by atoms with E-state index in [1.807, 2.05) is 30.3 Å². The highest BCUT2D eigenvalue weighted by Gasteiger charge is 2.33. The molecule has 0 saturated carbocycles. The van der Waals surface area contributed by atoms with Gasteiger partial charge in [-0.1, -0.05) is 18.2 Å². The summed E-state index contributed by atoms with van der Waals surface area (Å²) in [7, 11) is -2.80. The molecule has 1 aromatic heterocycles. The number of para-hydroxylation sites is 1. The molecule has 2 aliphatic rings. The molecule has 2 saturated heterocycles. The van der Waals surface area contributed by atoms with Gasteiger partial charge in [-0.05, 0) is 18.6 Å². The van der Waals surface area contributed by atoms with Gasteiger partial charge < -0.3 is 5.32 Å². The van der Waals surface area contributed by atoms with Crippen LogP contribution in [0.1, 0.15) is 12.1 Å². The topological polar surface area (TPSA) is 65.5 Å². The highest BCUT2D eigenvalue weighted by Crippen LogP contribution is 2.23. The number of nitrogens with zero attached hydrogens (tertiary/aromatic N) is 3. The summed E-state index contributed by atoms with van der Waals surface area (Å²) in [5.74, 6) is 0.696. The second kappa shape index (κ2) is 7.64. The molecular formula is C18H24N4O2S2. The van der Waals surface area contributed by atoms with Crippen molar-refractivity contribution in [2.45, 2.75) is 19.0 Å². The van der Waals surface area contributed by atoms with Crippen molar-refractivity contribution in [3.63, 3.8) is 0 Å². The molecule has 4 rings (SSSR count). The van der Waals surface area contributed by atoms with Crippen LogP contribution in [0.2, 0.25) is 0 Å². The van der Waals surface area contributed by atoms with E-state index in [2.05, 4.69) is 25.5 Å². The zero-order valence-electron chi connectivity index (χ0n) is 14.7. The van der Waals surface area contributed by atoms with Crippen LogP contribution >= 0.6 is 11.3 Å². The second-order valence-corrected chi connectivity index (χ2v) is 10.1. The highest BCUT2D eigenvalue weighted by atomic mass is 32.2. The number of thiazole rings is 1. The summed E-state index contributed by atoms with van der Waals surface area (Å²) >= 11 is 1.63. The number of anilines is 2. The quantitative estimate of drug-likeness (QED) is 0.842. The minimum absolute atomic E-state index is 0.225. The van der Waals surface area contributed by atoms with Crippen LogP contribution in [0.25, 0.3) is 0 Å². The van der Waals surface area contributed by atoms with E-state index in [9.17, 15) is 8.42 Å². The molecule has 0 amide bonds. The molecule has 26 heavy (non-hydrogen) atoms. The van der Waals surface area contributed by atoms with E-state index < -0.39 is 9.84 Å². The number of benzene rings is 1. The summed E-state index contributed by atoms with van der Waals surface area (Å²) in [5.41, 5.74) is 2.14. The molecule has 8 heteroatoms. The van der Waals surface area contributed by atoms with Crippen molar-refractivity contribution in [3.05, 3.63) is 41.4 Å². The predicted molar refractivity (Wildman–Crippen MR) is 106 cm³/mol. The molecule has 2 aromatic rings. The minimum Gasteiger partial charge on any atom is -0.332 e. The van der Waals surface area contributed by atoms with Gasteiger partial charge in [0.05, 0.1) is 17.2 Å². The fourth-order valence-corrected chi connectivity index (χ4v) is 6.14. The van der Waals surface area contributed by atoms with Crippen molar-refractivity contribution in [2.24, 2.45) is 0 Å². The van der Waals surface area contributed by atoms with Gasteiger partial charge in [0.15, 0.2) is 15.0 Å². The third-order valence-corrected chi connectivity index (χ3v) is 7.65. The summed E-state index contributed by atoms with van der Waals surface area (Å²) in [5, 5.41) is 6.37. The fraction of sp³-hybridized carbons (Fsp3) is 0.500. The van der Waals surface area contributed by atoms with E-state index in [0.717, 1.165) is 55.7 Å². The molecule has 1 aromatic carbocycles. The largest absolute Gasteiger partial charge is 0.332 e. The maximum absolute atomic E-state index is 11.7. The van der Waals surface area contributed by atoms with Gasteiger partial charge in [0.25, 0.3) is 0 Å². The van der Waals surface area contributed by atoms with Gasteiger partial charge in [-0.15, -0.1) is 11.3 Å². The molecule has 1 atom stereocenters. The van der Waals surface area contributed by atoms with E-state index >= 15 is 0 Å². The first kappa shape index (κ1) is 17.9. The Morgan fingerprint density at radius 3 is 2.62 bits per heavy atom. The van der Waals surface area contributed by atoms with E-state index in [1.54, 1.807) is 11.3 Å². The second-order valence-electron chi connectivity index (χ2n) is 7.00. The molecule has 2 fully saturated rings. The number of nitrogens with one attached hydrogen (secondary N) is 1. The molecule has 2 aliphatic heterocycles. The number of piperazine rings is 1. The first-order valence-electron chi connectivity index (χ1n) is 9.01. The number of rotatable bonds is 5. The lowest BCUT2D eigenvalue weighted by Gasteiger charge is -2.37. The average molecular weight is 393 g/mol. The summed E-state index contributed by atoms with van der Waals surface area (Å²) in [6.45, 7) is 4.67. The Bertz CT molecular complexity index is 830. The molecular weight excluding hydrogens is 368 g/mol. The average Bonchev–Trinajstić information content (AvgIpc) is 3.22. The van der Waals surface area contributed by atoms with Crippen LogP contribution in [0.5, 0.6) is 0 Å². The van der Waals surface area contributed by atoms with Crippen LogP contribution in [-0.2, 0) is 16.4 Å². The minimum atomic E-state index is -2.80. The van der Waals surface area contributed by atoms with Crippen molar-refractivity contribution < 1.29 is 8.42 Å². The van der Waals surface area contributed by atoms with Crippen LogP contribution < -0.4 is 5.32 Å². The normalized spacial score (nSPS) is 23.9. The van der Waals surface area contributed by atoms with Gasteiger partial charge in [0, 0.05) is 49.8 Å². The third-order valence-electron chi connectivity index (χ3n) is 5.09. The SMILES string of the molecule is O=S1(=O)CCC(N2CCN(Cc3csc(Nc4ccccc4)n3)CC2)C1. The van der Waals surface area contributed by atoms with Crippen molar-refractivity contribution in [1.82, 2.24) is 14.8 Å². The fourth-order valence-electron chi connectivity index (χ4n) is 3.66. The van der Waals surface area contributed by atoms with Crippen LogP contribution in [-0.4, -0.2) is 66.9 Å². The number of aromatic nitrogens is 1. The van der Waals surface area contributed by atoms with E-state index in [4.69, 9.17) is 0 Å². The first-order chi connectivity index (χ1) is 12.6.